The number of pyridine rings is 1. The number of rotatable bonds is 5. The Morgan fingerprint density at radius 1 is 1.56 bits per heavy atom. The molecule has 2 heterocycles. The predicted octanol–water partition coefficient (Wildman–Crippen LogP) is 1.17. The Morgan fingerprint density at radius 3 is 3.06 bits per heavy atom. The van der Waals surface area contributed by atoms with Crippen molar-refractivity contribution in [3.8, 4) is 0 Å². The summed E-state index contributed by atoms with van der Waals surface area (Å²) in [5, 5.41) is 16.1. The average molecular weight is 246 g/mol. The molecule has 0 amide bonds. The first-order chi connectivity index (χ1) is 8.66. The third-order valence-corrected chi connectivity index (χ3v) is 2.50. The first kappa shape index (κ1) is 12.1. The van der Waals surface area contributed by atoms with E-state index in [2.05, 4.69) is 15.4 Å². The second-order valence-electron chi connectivity index (χ2n) is 3.90. The first-order valence-corrected chi connectivity index (χ1v) is 5.56. The highest BCUT2D eigenvalue weighted by atomic mass is 16.4. The van der Waals surface area contributed by atoms with Gasteiger partial charge in [-0.1, -0.05) is 0 Å². The molecule has 2 rings (SSSR count). The van der Waals surface area contributed by atoms with Crippen LogP contribution >= 0.6 is 0 Å². The summed E-state index contributed by atoms with van der Waals surface area (Å²) in [6, 6.07) is 3.14. The van der Waals surface area contributed by atoms with Crippen LogP contribution < -0.4 is 5.32 Å². The van der Waals surface area contributed by atoms with E-state index in [0.29, 0.717) is 12.4 Å². The number of aryl methyl sites for hydroxylation is 1. The molecule has 0 saturated heterocycles. The van der Waals surface area contributed by atoms with Crippen molar-refractivity contribution < 1.29 is 9.90 Å². The molecule has 2 N–H and O–H groups in total. The Kier molecular flexibility index (Phi) is 3.57. The highest BCUT2D eigenvalue weighted by Gasteiger charge is 2.09. The van der Waals surface area contributed by atoms with Crippen LogP contribution in [0.2, 0.25) is 0 Å². The van der Waals surface area contributed by atoms with Gasteiger partial charge in [-0.15, -0.1) is 0 Å². The number of aromatic nitrogens is 3. The Hall–Kier alpha value is -2.37. The van der Waals surface area contributed by atoms with Crippen LogP contribution in [-0.4, -0.2) is 32.4 Å². The first-order valence-electron chi connectivity index (χ1n) is 5.56. The van der Waals surface area contributed by atoms with Gasteiger partial charge in [-0.2, -0.15) is 5.10 Å². The van der Waals surface area contributed by atoms with Gasteiger partial charge in [-0.3, -0.25) is 4.68 Å². The molecule has 6 heteroatoms. The van der Waals surface area contributed by atoms with Crippen molar-refractivity contribution in [3.05, 3.63) is 41.9 Å². The fraction of sp³-hybridized carbons (Fsp3) is 0.250. The number of hydrogen-bond donors (Lipinski definition) is 2. The molecule has 0 saturated carbocycles. The minimum Gasteiger partial charge on any atom is -0.478 e. The zero-order valence-corrected chi connectivity index (χ0v) is 10.00. The zero-order chi connectivity index (χ0) is 13.0. The van der Waals surface area contributed by atoms with Gasteiger partial charge in [0.1, 0.15) is 11.4 Å². The van der Waals surface area contributed by atoms with Crippen LogP contribution in [0, 0.1) is 0 Å². The van der Waals surface area contributed by atoms with E-state index in [1.165, 1.54) is 6.07 Å². The van der Waals surface area contributed by atoms with Crippen molar-refractivity contribution in [1.29, 1.82) is 0 Å². The minimum atomic E-state index is -0.980. The quantitative estimate of drug-likeness (QED) is 0.827. The van der Waals surface area contributed by atoms with Crippen molar-refractivity contribution in [3.63, 3.8) is 0 Å². The smallest absolute Gasteiger partial charge is 0.339 e. The molecule has 6 nitrogen and oxygen atoms in total. The van der Waals surface area contributed by atoms with Crippen molar-refractivity contribution in [2.75, 3.05) is 11.9 Å². The maximum absolute atomic E-state index is 11.0. The van der Waals surface area contributed by atoms with E-state index in [4.69, 9.17) is 5.11 Å². The summed E-state index contributed by atoms with van der Waals surface area (Å²) >= 11 is 0. The van der Waals surface area contributed by atoms with Crippen LogP contribution in [0.25, 0.3) is 0 Å². The molecule has 0 aliphatic heterocycles. The largest absolute Gasteiger partial charge is 0.478 e. The maximum atomic E-state index is 11.0. The highest BCUT2D eigenvalue weighted by molar-refractivity contribution is 5.92. The standard InChI is InChI=1S/C12H14N4O2/c1-16-8-9(7-15-16)4-6-14-11-10(12(17)18)3-2-5-13-11/h2-3,5,7-8H,4,6H2,1H3,(H,13,14)(H,17,18). The lowest BCUT2D eigenvalue weighted by Gasteiger charge is -2.07. The lowest BCUT2D eigenvalue weighted by Crippen LogP contribution is -2.10. The summed E-state index contributed by atoms with van der Waals surface area (Å²) in [6.45, 7) is 0.614. The van der Waals surface area contributed by atoms with E-state index >= 15 is 0 Å². The van der Waals surface area contributed by atoms with Gasteiger partial charge in [0, 0.05) is 26.0 Å². The molecule has 0 unspecified atom stereocenters. The van der Waals surface area contributed by atoms with E-state index in [9.17, 15) is 4.79 Å². The minimum absolute atomic E-state index is 0.184. The van der Waals surface area contributed by atoms with Gasteiger partial charge in [0.25, 0.3) is 0 Å². The summed E-state index contributed by atoms with van der Waals surface area (Å²) in [6.07, 6.45) is 6.05. The highest BCUT2D eigenvalue weighted by Crippen LogP contribution is 2.11. The molecule has 0 aliphatic rings. The molecule has 2 aromatic rings. The van der Waals surface area contributed by atoms with E-state index in [-0.39, 0.29) is 5.56 Å². The molecule has 0 atom stereocenters. The number of carboxylic acid groups (broad SMARTS) is 1. The monoisotopic (exact) mass is 246 g/mol. The fourth-order valence-corrected chi connectivity index (χ4v) is 1.64. The van der Waals surface area contributed by atoms with Crippen LogP contribution in [0.5, 0.6) is 0 Å². The second-order valence-corrected chi connectivity index (χ2v) is 3.90. The van der Waals surface area contributed by atoms with Gasteiger partial charge in [0.2, 0.25) is 0 Å². The Bertz CT molecular complexity index is 551. The molecule has 2 aromatic heterocycles. The van der Waals surface area contributed by atoms with Gasteiger partial charge in [-0.05, 0) is 24.1 Å². The molecule has 18 heavy (non-hydrogen) atoms. The molecular formula is C12H14N4O2. The number of hydrogen-bond acceptors (Lipinski definition) is 4. The molecule has 0 radical (unpaired) electrons. The molecule has 0 bridgehead atoms. The third-order valence-electron chi connectivity index (χ3n) is 2.50. The number of nitrogens with zero attached hydrogens (tertiary/aromatic N) is 3. The Morgan fingerprint density at radius 2 is 2.39 bits per heavy atom. The lowest BCUT2D eigenvalue weighted by atomic mass is 10.2. The predicted molar refractivity (Wildman–Crippen MR) is 66.6 cm³/mol. The topological polar surface area (TPSA) is 80.0 Å². The van der Waals surface area contributed by atoms with Gasteiger partial charge in [0.05, 0.1) is 6.20 Å². The van der Waals surface area contributed by atoms with Crippen LogP contribution in [0.1, 0.15) is 15.9 Å². The normalized spacial score (nSPS) is 10.3. The van der Waals surface area contributed by atoms with E-state index in [0.717, 1.165) is 12.0 Å². The second kappa shape index (κ2) is 5.31. The van der Waals surface area contributed by atoms with E-state index < -0.39 is 5.97 Å². The van der Waals surface area contributed by atoms with Crippen LogP contribution in [0.15, 0.2) is 30.7 Å². The zero-order valence-electron chi connectivity index (χ0n) is 10.00. The van der Waals surface area contributed by atoms with Crippen molar-refractivity contribution >= 4 is 11.8 Å². The number of carbonyl (C=O) groups is 1. The van der Waals surface area contributed by atoms with E-state index in [1.807, 2.05) is 13.2 Å². The Balaban J connectivity index is 1.96. The van der Waals surface area contributed by atoms with Gasteiger partial charge in [-0.25, -0.2) is 9.78 Å². The van der Waals surface area contributed by atoms with Crippen LogP contribution in [0.4, 0.5) is 5.82 Å². The number of anilines is 1. The number of aromatic carboxylic acids is 1. The molecule has 0 aromatic carbocycles. The molecule has 0 spiro atoms. The SMILES string of the molecule is Cn1cc(CCNc2ncccc2C(=O)O)cn1. The summed E-state index contributed by atoms with van der Waals surface area (Å²) < 4.78 is 1.73. The summed E-state index contributed by atoms with van der Waals surface area (Å²) in [5.74, 6) is -0.583. The lowest BCUT2D eigenvalue weighted by molar-refractivity contribution is 0.0697. The summed E-state index contributed by atoms with van der Waals surface area (Å²) in [5.41, 5.74) is 1.28. The third kappa shape index (κ3) is 2.85. The van der Waals surface area contributed by atoms with Gasteiger partial charge in [0.15, 0.2) is 0 Å². The molecule has 0 aliphatic carbocycles. The summed E-state index contributed by atoms with van der Waals surface area (Å²) in [4.78, 5) is 15.0. The van der Waals surface area contributed by atoms with Crippen molar-refractivity contribution in [1.82, 2.24) is 14.8 Å². The van der Waals surface area contributed by atoms with Crippen molar-refractivity contribution in [2.24, 2.45) is 7.05 Å². The average Bonchev–Trinajstić information content (AvgIpc) is 2.75. The van der Waals surface area contributed by atoms with Crippen LogP contribution in [-0.2, 0) is 13.5 Å². The molecular weight excluding hydrogens is 232 g/mol. The molecule has 0 fully saturated rings. The van der Waals surface area contributed by atoms with Gasteiger partial charge >= 0.3 is 5.97 Å². The van der Waals surface area contributed by atoms with Crippen LogP contribution in [0.3, 0.4) is 0 Å². The van der Waals surface area contributed by atoms with Crippen molar-refractivity contribution in [2.45, 2.75) is 6.42 Å². The van der Waals surface area contributed by atoms with E-state index in [1.54, 1.807) is 23.1 Å². The fourth-order valence-electron chi connectivity index (χ4n) is 1.64. The maximum Gasteiger partial charge on any atom is 0.339 e. The summed E-state index contributed by atoms with van der Waals surface area (Å²) in [7, 11) is 1.86. The number of carboxylic acids is 1. The van der Waals surface area contributed by atoms with Gasteiger partial charge < -0.3 is 10.4 Å². The molecule has 94 valence electrons. The Labute approximate surface area is 104 Å². The number of nitrogens with one attached hydrogen (secondary N) is 1.